The zero-order chi connectivity index (χ0) is 25.4. The molecule has 0 bridgehead atoms. The first-order valence-corrected chi connectivity index (χ1v) is 13.2. The summed E-state index contributed by atoms with van der Waals surface area (Å²) in [5, 5.41) is 12.3. The third-order valence-electron chi connectivity index (χ3n) is 6.03. The Morgan fingerprint density at radius 2 is 1.83 bits per heavy atom. The summed E-state index contributed by atoms with van der Waals surface area (Å²) in [4.78, 5) is 27.3. The summed E-state index contributed by atoms with van der Waals surface area (Å²) < 4.78 is 5.55. The van der Waals surface area contributed by atoms with Gasteiger partial charge in [-0.25, -0.2) is 4.79 Å². The molecular formula is C28H34N2O4S. The molecule has 0 aliphatic rings. The molecule has 3 rings (SSSR count). The van der Waals surface area contributed by atoms with E-state index in [0.717, 1.165) is 28.0 Å². The molecule has 0 fully saturated rings. The summed E-state index contributed by atoms with van der Waals surface area (Å²) in [6.45, 7) is 7.67. The average Bonchev–Trinajstić information content (AvgIpc) is 3.34. The molecule has 0 saturated carbocycles. The van der Waals surface area contributed by atoms with E-state index in [1.165, 1.54) is 0 Å². The molecule has 35 heavy (non-hydrogen) atoms. The van der Waals surface area contributed by atoms with Crippen LogP contribution >= 0.6 is 11.8 Å². The van der Waals surface area contributed by atoms with Crippen molar-refractivity contribution < 1.29 is 19.1 Å². The van der Waals surface area contributed by atoms with Crippen LogP contribution in [0.3, 0.4) is 0 Å². The molecule has 1 heterocycles. The minimum atomic E-state index is -1.02. The monoisotopic (exact) mass is 494 g/mol. The molecule has 0 aliphatic carbocycles. The predicted molar refractivity (Wildman–Crippen MR) is 142 cm³/mol. The highest BCUT2D eigenvalue weighted by Gasteiger charge is 2.23. The Bertz CT molecular complexity index is 1130. The molecule has 3 aromatic rings. The first kappa shape index (κ1) is 26.6. The highest BCUT2D eigenvalue weighted by molar-refractivity contribution is 7.98. The second kappa shape index (κ2) is 12.6. The van der Waals surface area contributed by atoms with E-state index < -0.39 is 12.0 Å². The number of hydrogen-bond donors (Lipinski definition) is 2. The van der Waals surface area contributed by atoms with Crippen LogP contribution in [0.5, 0.6) is 0 Å². The molecule has 0 spiro atoms. The molecule has 1 aromatic heterocycles. The lowest BCUT2D eigenvalue weighted by atomic mass is 9.93. The summed E-state index contributed by atoms with van der Waals surface area (Å²) in [6.07, 6.45) is 3.97. The molecule has 2 N–H and O–H groups in total. The standard InChI is InChI=1S/C28H34N2O4S/c1-19(2)30(18-22-9-7-14-34-22)17-21-11-12-24(25(16-21)23-10-6-5-8-20(23)3)27(31)29-26(28(32)33)13-15-35-4/h5-12,14,16,19,26H,13,15,17-18H2,1-4H3,(H,29,31)(H,32,33). The van der Waals surface area contributed by atoms with Crippen molar-refractivity contribution in [1.29, 1.82) is 0 Å². The number of carboxylic acid groups (broad SMARTS) is 1. The molecule has 2 aromatic carbocycles. The quantitative estimate of drug-likeness (QED) is 0.341. The van der Waals surface area contributed by atoms with E-state index in [-0.39, 0.29) is 11.9 Å². The number of hydrogen-bond acceptors (Lipinski definition) is 5. The zero-order valence-electron chi connectivity index (χ0n) is 20.8. The fourth-order valence-electron chi connectivity index (χ4n) is 3.97. The van der Waals surface area contributed by atoms with E-state index >= 15 is 0 Å². The number of aryl methyl sites for hydroxylation is 1. The SMILES string of the molecule is CSCCC(NC(=O)c1ccc(CN(Cc2ccco2)C(C)C)cc1-c1ccccc1C)C(=O)O. The summed E-state index contributed by atoms with van der Waals surface area (Å²) in [6, 6.07) is 17.0. The van der Waals surface area contributed by atoms with Crippen LogP contribution in [0.25, 0.3) is 11.1 Å². The average molecular weight is 495 g/mol. The number of carboxylic acids is 1. The Kier molecular flexibility index (Phi) is 9.57. The van der Waals surface area contributed by atoms with Gasteiger partial charge in [-0.15, -0.1) is 0 Å². The highest BCUT2D eigenvalue weighted by atomic mass is 32.2. The third-order valence-corrected chi connectivity index (χ3v) is 6.68. The van der Waals surface area contributed by atoms with Gasteiger partial charge in [-0.2, -0.15) is 11.8 Å². The van der Waals surface area contributed by atoms with Crippen molar-refractivity contribution in [2.24, 2.45) is 0 Å². The summed E-state index contributed by atoms with van der Waals surface area (Å²) in [5.74, 6) is 0.159. The summed E-state index contributed by atoms with van der Waals surface area (Å²) in [7, 11) is 0. The molecule has 7 heteroatoms. The first-order valence-electron chi connectivity index (χ1n) is 11.8. The molecule has 0 saturated heterocycles. The molecule has 6 nitrogen and oxygen atoms in total. The maximum atomic E-state index is 13.3. The molecule has 1 atom stereocenters. The number of furan rings is 1. The molecule has 0 radical (unpaired) electrons. The Labute approximate surface area is 211 Å². The number of rotatable bonds is 12. The molecule has 186 valence electrons. The van der Waals surface area contributed by atoms with Gasteiger partial charge >= 0.3 is 5.97 Å². The van der Waals surface area contributed by atoms with Gasteiger partial charge in [0, 0.05) is 18.2 Å². The van der Waals surface area contributed by atoms with Crippen molar-refractivity contribution in [3.8, 4) is 11.1 Å². The van der Waals surface area contributed by atoms with Crippen LogP contribution in [-0.2, 0) is 17.9 Å². The van der Waals surface area contributed by atoms with E-state index in [0.29, 0.717) is 30.8 Å². The fourth-order valence-corrected chi connectivity index (χ4v) is 4.44. The van der Waals surface area contributed by atoms with Gasteiger partial charge in [0.05, 0.1) is 12.8 Å². The van der Waals surface area contributed by atoms with Crippen molar-refractivity contribution in [3.05, 3.63) is 83.3 Å². The number of nitrogens with one attached hydrogen (secondary N) is 1. The van der Waals surface area contributed by atoms with Crippen molar-refractivity contribution in [3.63, 3.8) is 0 Å². The maximum absolute atomic E-state index is 13.3. The van der Waals surface area contributed by atoms with Crippen LogP contribution in [0.1, 0.15) is 47.5 Å². The minimum absolute atomic E-state index is 0.290. The van der Waals surface area contributed by atoms with Crippen LogP contribution in [0.15, 0.2) is 65.3 Å². The van der Waals surface area contributed by atoms with Crippen LogP contribution in [0.2, 0.25) is 0 Å². The lowest BCUT2D eigenvalue weighted by Crippen LogP contribution is -2.41. The third kappa shape index (κ3) is 7.23. The molecular weight excluding hydrogens is 460 g/mol. The second-order valence-corrected chi connectivity index (χ2v) is 9.90. The lowest BCUT2D eigenvalue weighted by molar-refractivity contribution is -0.139. The van der Waals surface area contributed by atoms with Crippen LogP contribution in [0.4, 0.5) is 0 Å². The number of thioether (sulfide) groups is 1. The molecule has 0 aliphatic heterocycles. The smallest absolute Gasteiger partial charge is 0.326 e. The van der Waals surface area contributed by atoms with Gasteiger partial charge in [0.25, 0.3) is 5.91 Å². The number of amides is 1. The summed E-state index contributed by atoms with van der Waals surface area (Å²) >= 11 is 1.56. The van der Waals surface area contributed by atoms with Gasteiger partial charge < -0.3 is 14.8 Å². The van der Waals surface area contributed by atoms with Crippen LogP contribution in [0, 0.1) is 6.92 Å². The predicted octanol–water partition coefficient (Wildman–Crippen LogP) is 5.60. The number of carbonyl (C=O) groups is 2. The van der Waals surface area contributed by atoms with E-state index in [1.54, 1.807) is 18.0 Å². The number of aliphatic carboxylic acids is 1. The van der Waals surface area contributed by atoms with Gasteiger partial charge in [0.15, 0.2) is 0 Å². The Balaban J connectivity index is 1.95. The van der Waals surface area contributed by atoms with Gasteiger partial charge in [-0.05, 0) is 85.7 Å². The maximum Gasteiger partial charge on any atom is 0.326 e. The van der Waals surface area contributed by atoms with Gasteiger partial charge in [-0.3, -0.25) is 9.69 Å². The summed E-state index contributed by atoms with van der Waals surface area (Å²) in [5.41, 5.74) is 4.34. The Morgan fingerprint density at radius 3 is 2.46 bits per heavy atom. The minimum Gasteiger partial charge on any atom is -0.480 e. The van der Waals surface area contributed by atoms with Gasteiger partial charge in [0.1, 0.15) is 11.8 Å². The van der Waals surface area contributed by atoms with Crippen molar-refractivity contribution in [2.75, 3.05) is 12.0 Å². The molecule has 1 unspecified atom stereocenters. The topological polar surface area (TPSA) is 82.8 Å². The van der Waals surface area contributed by atoms with Crippen molar-refractivity contribution >= 4 is 23.6 Å². The zero-order valence-corrected chi connectivity index (χ0v) is 21.6. The highest BCUT2D eigenvalue weighted by Crippen LogP contribution is 2.29. The normalized spacial score (nSPS) is 12.2. The van der Waals surface area contributed by atoms with Crippen LogP contribution in [-0.4, -0.2) is 46.0 Å². The fraction of sp³-hybridized carbons (Fsp3) is 0.357. The van der Waals surface area contributed by atoms with Gasteiger partial charge in [0.2, 0.25) is 0 Å². The Morgan fingerprint density at radius 1 is 1.06 bits per heavy atom. The second-order valence-electron chi connectivity index (χ2n) is 8.92. The molecule has 1 amide bonds. The largest absolute Gasteiger partial charge is 0.480 e. The number of nitrogens with zero attached hydrogens (tertiary/aromatic N) is 1. The van der Waals surface area contributed by atoms with E-state index in [9.17, 15) is 14.7 Å². The van der Waals surface area contributed by atoms with Crippen molar-refractivity contribution in [2.45, 2.75) is 52.4 Å². The van der Waals surface area contributed by atoms with Crippen LogP contribution < -0.4 is 5.32 Å². The lowest BCUT2D eigenvalue weighted by Gasteiger charge is -2.26. The Hall–Kier alpha value is -3.03. The van der Waals surface area contributed by atoms with Gasteiger partial charge in [-0.1, -0.05) is 30.3 Å². The number of carbonyl (C=O) groups excluding carboxylic acids is 1. The first-order chi connectivity index (χ1) is 16.8. The van der Waals surface area contributed by atoms with E-state index in [1.807, 2.05) is 67.8 Å². The van der Waals surface area contributed by atoms with E-state index in [4.69, 9.17) is 4.42 Å². The number of benzene rings is 2. The van der Waals surface area contributed by atoms with E-state index in [2.05, 4.69) is 24.1 Å². The van der Waals surface area contributed by atoms with Crippen molar-refractivity contribution in [1.82, 2.24) is 10.2 Å².